The number of fused-ring (bicyclic) bond motifs is 8. The minimum absolute atomic E-state index is 1.19. The highest BCUT2D eigenvalue weighted by atomic mass is 15.2. The second kappa shape index (κ2) is 13.2. The van der Waals surface area contributed by atoms with Crippen LogP contribution in [-0.2, 0) is 0 Å². The Kier molecular flexibility index (Phi) is 7.87. The minimum atomic E-state index is 1.19. The Labute approximate surface area is 345 Å². The van der Waals surface area contributed by atoms with Crippen molar-refractivity contribution >= 4 is 93.8 Å². The maximum Gasteiger partial charge on any atom is 0.0640 e. The molecule has 3 heteroatoms. The van der Waals surface area contributed by atoms with Gasteiger partial charge >= 0.3 is 0 Å². The molecule has 0 atom stereocenters. The Morgan fingerprint density at radius 1 is 0.322 bits per heavy atom. The van der Waals surface area contributed by atoms with Crippen LogP contribution in [0.3, 0.4) is 0 Å². The smallest absolute Gasteiger partial charge is 0.0640 e. The zero-order valence-electron chi connectivity index (χ0n) is 34.4. The highest BCUT2D eigenvalue weighted by Gasteiger charge is 2.30. The van der Waals surface area contributed by atoms with Gasteiger partial charge in [0, 0.05) is 43.7 Å². The summed E-state index contributed by atoms with van der Waals surface area (Å²) in [5.41, 5.74) is 18.4. The molecule has 0 saturated carbocycles. The molecule has 0 bridgehead atoms. The third kappa shape index (κ3) is 5.07. The van der Waals surface area contributed by atoms with E-state index in [4.69, 9.17) is 0 Å². The second-order valence-corrected chi connectivity index (χ2v) is 16.4. The molecule has 0 spiro atoms. The first-order valence-corrected chi connectivity index (χ1v) is 20.7. The van der Waals surface area contributed by atoms with Crippen molar-refractivity contribution in [2.75, 3.05) is 9.80 Å². The molecule has 11 aromatic rings. The highest BCUT2D eigenvalue weighted by molar-refractivity contribution is 6.33. The largest absolute Gasteiger partial charge is 0.308 e. The standard InChI is InChI=1S/C56H45N3/c1-34-18-7-13-30-46(34)58(52-36(3)20-15-21-37(52)4)55-42-26-11-9-24-40(42)32-48-50(55)44-28-17-29-45-51-49(57(48)54(44)45)33-41-25-10-12-27-43(41)56(51)59(47-31-14-8-19-35(47)2)53-38(5)22-16-23-39(53)6/h7-33H,1-6H3. The first kappa shape index (κ1) is 35.1. The number of nitrogens with zero attached hydrogens (tertiary/aromatic N) is 3. The van der Waals surface area contributed by atoms with Gasteiger partial charge in [0.15, 0.2) is 0 Å². The molecular formula is C56H45N3. The fourth-order valence-corrected chi connectivity index (χ4v) is 10.2. The summed E-state index contributed by atoms with van der Waals surface area (Å²) in [5, 5.41) is 9.92. The molecule has 0 aliphatic rings. The van der Waals surface area contributed by atoms with E-state index in [0.717, 1.165) is 0 Å². The van der Waals surface area contributed by atoms with Crippen molar-refractivity contribution in [3.05, 3.63) is 197 Å². The van der Waals surface area contributed by atoms with Gasteiger partial charge in [-0.3, -0.25) is 0 Å². The topological polar surface area (TPSA) is 10.9 Å². The van der Waals surface area contributed by atoms with Gasteiger partial charge in [-0.15, -0.1) is 0 Å². The maximum atomic E-state index is 2.59. The molecule has 0 N–H and O–H groups in total. The van der Waals surface area contributed by atoms with Crippen molar-refractivity contribution in [1.29, 1.82) is 0 Å². The summed E-state index contributed by atoms with van der Waals surface area (Å²) in [6, 6.07) is 60.8. The monoisotopic (exact) mass is 759 g/mol. The van der Waals surface area contributed by atoms with Gasteiger partial charge in [0.2, 0.25) is 0 Å². The van der Waals surface area contributed by atoms with E-state index in [9.17, 15) is 0 Å². The van der Waals surface area contributed by atoms with Crippen LogP contribution in [0.25, 0.3) is 59.6 Å². The number of aryl methyl sites for hydroxylation is 6. The van der Waals surface area contributed by atoms with Crippen molar-refractivity contribution in [2.45, 2.75) is 41.5 Å². The summed E-state index contributed by atoms with van der Waals surface area (Å²) < 4.78 is 2.59. The summed E-state index contributed by atoms with van der Waals surface area (Å²) in [4.78, 5) is 5.13. The average molecular weight is 760 g/mol. The fourth-order valence-electron chi connectivity index (χ4n) is 10.2. The summed E-state index contributed by atoms with van der Waals surface area (Å²) in [6.07, 6.45) is 0. The number of aromatic nitrogens is 1. The number of hydrogen-bond donors (Lipinski definition) is 0. The lowest BCUT2D eigenvalue weighted by atomic mass is 9.96. The second-order valence-electron chi connectivity index (χ2n) is 16.4. The number of rotatable bonds is 6. The maximum absolute atomic E-state index is 2.59. The predicted octanol–water partition coefficient (Wildman–Crippen LogP) is 15.9. The molecule has 3 nitrogen and oxygen atoms in total. The van der Waals surface area contributed by atoms with E-state index in [1.165, 1.54) is 127 Å². The average Bonchev–Trinajstić information content (AvgIpc) is 3.75. The molecule has 0 aliphatic carbocycles. The molecule has 284 valence electrons. The van der Waals surface area contributed by atoms with Crippen LogP contribution in [0.4, 0.5) is 34.1 Å². The summed E-state index contributed by atoms with van der Waals surface area (Å²) in [7, 11) is 0. The lowest BCUT2D eigenvalue weighted by molar-refractivity contribution is 1.21. The normalized spacial score (nSPS) is 11.9. The first-order valence-electron chi connectivity index (χ1n) is 20.7. The van der Waals surface area contributed by atoms with Gasteiger partial charge in [-0.1, -0.05) is 140 Å². The third-order valence-corrected chi connectivity index (χ3v) is 12.8. The van der Waals surface area contributed by atoms with Crippen molar-refractivity contribution in [1.82, 2.24) is 4.40 Å². The summed E-state index contributed by atoms with van der Waals surface area (Å²) in [5.74, 6) is 0. The Morgan fingerprint density at radius 3 is 1.08 bits per heavy atom. The Bertz CT molecular complexity index is 3210. The van der Waals surface area contributed by atoms with Crippen LogP contribution in [-0.4, -0.2) is 4.40 Å². The van der Waals surface area contributed by atoms with Crippen LogP contribution < -0.4 is 9.80 Å². The zero-order chi connectivity index (χ0) is 40.1. The predicted molar refractivity (Wildman–Crippen MR) is 254 cm³/mol. The van der Waals surface area contributed by atoms with Crippen LogP contribution in [0.1, 0.15) is 33.4 Å². The SMILES string of the molecule is Cc1ccccc1N(c1c(C)cccc1C)c1c2ccccc2cc2c1c1cccc3c4c(N(c5ccccc5C)c5c(C)cccc5C)c5ccccc5cc4n2c13. The molecule has 2 aromatic heterocycles. The Balaban J connectivity index is 1.36. The zero-order valence-corrected chi connectivity index (χ0v) is 34.4. The van der Waals surface area contributed by atoms with Gasteiger partial charge in [-0.2, -0.15) is 0 Å². The highest BCUT2D eigenvalue weighted by Crippen LogP contribution is 2.54. The lowest BCUT2D eigenvalue weighted by Gasteiger charge is -2.32. The van der Waals surface area contributed by atoms with E-state index in [1.807, 2.05) is 0 Å². The van der Waals surface area contributed by atoms with E-state index >= 15 is 0 Å². The molecule has 0 saturated heterocycles. The van der Waals surface area contributed by atoms with Crippen LogP contribution in [0.2, 0.25) is 0 Å². The van der Waals surface area contributed by atoms with Gasteiger partial charge in [-0.25, -0.2) is 0 Å². The summed E-state index contributed by atoms with van der Waals surface area (Å²) >= 11 is 0. The number of benzene rings is 9. The van der Waals surface area contributed by atoms with Gasteiger partial charge in [0.05, 0.1) is 39.3 Å². The molecule has 0 radical (unpaired) electrons. The van der Waals surface area contributed by atoms with Crippen LogP contribution in [0.15, 0.2) is 164 Å². The first-order chi connectivity index (χ1) is 28.8. The van der Waals surface area contributed by atoms with Gasteiger partial charge < -0.3 is 14.2 Å². The van der Waals surface area contributed by atoms with Crippen LogP contribution >= 0.6 is 0 Å². The fraction of sp³-hybridized carbons (Fsp3) is 0.107. The molecule has 0 fully saturated rings. The molecule has 0 aliphatic heterocycles. The lowest BCUT2D eigenvalue weighted by Crippen LogP contribution is -2.15. The van der Waals surface area contributed by atoms with Crippen molar-refractivity contribution in [2.24, 2.45) is 0 Å². The molecule has 2 heterocycles. The number of hydrogen-bond acceptors (Lipinski definition) is 2. The molecule has 9 aromatic carbocycles. The minimum Gasteiger partial charge on any atom is -0.308 e. The van der Waals surface area contributed by atoms with E-state index in [-0.39, 0.29) is 0 Å². The van der Waals surface area contributed by atoms with Crippen LogP contribution in [0.5, 0.6) is 0 Å². The van der Waals surface area contributed by atoms with Crippen molar-refractivity contribution in [3.8, 4) is 0 Å². The molecular weight excluding hydrogens is 715 g/mol. The molecule has 11 rings (SSSR count). The van der Waals surface area contributed by atoms with E-state index in [1.54, 1.807) is 0 Å². The van der Waals surface area contributed by atoms with Gasteiger partial charge in [0.25, 0.3) is 0 Å². The molecule has 0 unspecified atom stereocenters. The molecule has 59 heavy (non-hydrogen) atoms. The van der Waals surface area contributed by atoms with E-state index in [0.29, 0.717) is 0 Å². The quantitative estimate of drug-likeness (QED) is 0.167. The van der Waals surface area contributed by atoms with Gasteiger partial charge in [0.1, 0.15) is 0 Å². The number of para-hydroxylation sites is 5. The number of anilines is 6. The Morgan fingerprint density at radius 2 is 0.661 bits per heavy atom. The third-order valence-electron chi connectivity index (χ3n) is 12.8. The van der Waals surface area contributed by atoms with E-state index < -0.39 is 0 Å². The van der Waals surface area contributed by atoms with Gasteiger partial charge in [-0.05, 0) is 110 Å². The van der Waals surface area contributed by atoms with E-state index in [2.05, 4.69) is 220 Å². The van der Waals surface area contributed by atoms with Crippen molar-refractivity contribution in [3.63, 3.8) is 0 Å². The van der Waals surface area contributed by atoms with Crippen LogP contribution in [0, 0.1) is 41.5 Å². The summed E-state index contributed by atoms with van der Waals surface area (Å²) in [6.45, 7) is 13.5. The Hall–Kier alpha value is -7.10. The molecule has 0 amide bonds. The van der Waals surface area contributed by atoms with Crippen molar-refractivity contribution < 1.29 is 0 Å².